The van der Waals surface area contributed by atoms with E-state index in [0.717, 1.165) is 17.1 Å². The fourth-order valence-corrected chi connectivity index (χ4v) is 1.72. The second kappa shape index (κ2) is 5.35. The van der Waals surface area contributed by atoms with E-state index in [1.54, 1.807) is 19.4 Å². The molecule has 0 atom stereocenters. The maximum Gasteiger partial charge on any atom is 0.253 e. The lowest BCUT2D eigenvalue weighted by Crippen LogP contribution is -2.24. The van der Waals surface area contributed by atoms with Gasteiger partial charge in [-0.2, -0.15) is 0 Å². The molecule has 0 fully saturated rings. The Bertz CT molecular complexity index is 534. The number of nitrogens with one attached hydrogen (secondary N) is 3. The van der Waals surface area contributed by atoms with Crippen LogP contribution < -0.4 is 10.6 Å². The van der Waals surface area contributed by atoms with Crippen LogP contribution in [0.15, 0.2) is 30.6 Å². The van der Waals surface area contributed by atoms with Gasteiger partial charge in [-0.25, -0.2) is 4.98 Å². The molecule has 5 heteroatoms. The minimum atomic E-state index is -0.112. The Morgan fingerprint density at radius 2 is 2.28 bits per heavy atom. The van der Waals surface area contributed by atoms with E-state index in [2.05, 4.69) is 20.6 Å². The molecule has 0 saturated carbocycles. The lowest BCUT2D eigenvalue weighted by atomic mass is 10.1. The van der Waals surface area contributed by atoms with Crippen LogP contribution in [0.25, 0.3) is 0 Å². The first-order chi connectivity index (χ1) is 8.70. The molecule has 3 N–H and O–H groups in total. The van der Waals surface area contributed by atoms with Crippen LogP contribution in [0.5, 0.6) is 0 Å². The fraction of sp³-hybridized carbons (Fsp3) is 0.231. The molecule has 0 spiro atoms. The summed E-state index contributed by atoms with van der Waals surface area (Å²) < 4.78 is 0. The van der Waals surface area contributed by atoms with Crippen molar-refractivity contribution in [2.45, 2.75) is 13.5 Å². The van der Waals surface area contributed by atoms with Crippen LogP contribution in [0, 0.1) is 6.92 Å². The molecule has 0 saturated heterocycles. The lowest BCUT2D eigenvalue weighted by molar-refractivity contribution is 0.0950. The summed E-state index contributed by atoms with van der Waals surface area (Å²) in [6.07, 6.45) is 3.39. The average Bonchev–Trinajstić information content (AvgIpc) is 2.89. The summed E-state index contributed by atoms with van der Waals surface area (Å²) in [4.78, 5) is 19.1. The van der Waals surface area contributed by atoms with Gasteiger partial charge in [-0.15, -0.1) is 0 Å². The number of amides is 1. The molecule has 1 aromatic carbocycles. The van der Waals surface area contributed by atoms with Gasteiger partial charge in [0.15, 0.2) is 0 Å². The standard InChI is InChI=1S/C13H16N4O/c1-9-3-4-11(14-2)10(7-9)13(18)17-8-12-15-5-6-16-12/h3-7,14H,8H2,1-2H3,(H,15,16)(H,17,18). The topological polar surface area (TPSA) is 69.8 Å². The second-order valence-corrected chi connectivity index (χ2v) is 4.02. The Morgan fingerprint density at radius 3 is 2.94 bits per heavy atom. The van der Waals surface area contributed by atoms with Crippen molar-refractivity contribution in [1.29, 1.82) is 0 Å². The highest BCUT2D eigenvalue weighted by Gasteiger charge is 2.10. The third-order valence-corrected chi connectivity index (χ3v) is 2.66. The number of benzene rings is 1. The predicted molar refractivity (Wildman–Crippen MR) is 70.5 cm³/mol. The van der Waals surface area contributed by atoms with Crippen molar-refractivity contribution in [1.82, 2.24) is 15.3 Å². The van der Waals surface area contributed by atoms with Crippen molar-refractivity contribution < 1.29 is 4.79 Å². The number of H-pyrrole nitrogens is 1. The highest BCUT2D eigenvalue weighted by Crippen LogP contribution is 2.16. The Morgan fingerprint density at radius 1 is 1.44 bits per heavy atom. The van der Waals surface area contributed by atoms with E-state index in [-0.39, 0.29) is 5.91 Å². The highest BCUT2D eigenvalue weighted by atomic mass is 16.1. The zero-order chi connectivity index (χ0) is 13.0. The molecule has 0 aliphatic rings. The third-order valence-electron chi connectivity index (χ3n) is 2.66. The fourth-order valence-electron chi connectivity index (χ4n) is 1.72. The first-order valence-electron chi connectivity index (χ1n) is 5.75. The normalized spacial score (nSPS) is 10.1. The number of nitrogens with zero attached hydrogens (tertiary/aromatic N) is 1. The van der Waals surface area contributed by atoms with Crippen LogP contribution in [-0.4, -0.2) is 22.9 Å². The van der Waals surface area contributed by atoms with E-state index < -0.39 is 0 Å². The van der Waals surface area contributed by atoms with Gasteiger partial charge in [0, 0.05) is 25.1 Å². The number of carbonyl (C=O) groups is 1. The quantitative estimate of drug-likeness (QED) is 0.766. The molecule has 2 rings (SSSR count). The smallest absolute Gasteiger partial charge is 0.253 e. The molecule has 0 bridgehead atoms. The third kappa shape index (κ3) is 2.68. The zero-order valence-corrected chi connectivity index (χ0v) is 10.4. The van der Waals surface area contributed by atoms with E-state index in [4.69, 9.17) is 0 Å². The molecule has 0 unspecified atom stereocenters. The maximum absolute atomic E-state index is 12.1. The predicted octanol–water partition coefficient (Wildman–Crippen LogP) is 1.69. The number of anilines is 1. The highest BCUT2D eigenvalue weighted by molar-refractivity contribution is 5.99. The van der Waals surface area contributed by atoms with Gasteiger partial charge in [0.2, 0.25) is 0 Å². The number of imidazole rings is 1. The van der Waals surface area contributed by atoms with Crippen LogP contribution in [0.4, 0.5) is 5.69 Å². The summed E-state index contributed by atoms with van der Waals surface area (Å²) >= 11 is 0. The van der Waals surface area contributed by atoms with E-state index in [1.807, 2.05) is 25.1 Å². The van der Waals surface area contributed by atoms with Crippen LogP contribution >= 0.6 is 0 Å². The van der Waals surface area contributed by atoms with Gasteiger partial charge >= 0.3 is 0 Å². The Hall–Kier alpha value is -2.30. The molecular weight excluding hydrogens is 228 g/mol. The van der Waals surface area contributed by atoms with Crippen molar-refractivity contribution >= 4 is 11.6 Å². The van der Waals surface area contributed by atoms with Crippen LogP contribution in [0.2, 0.25) is 0 Å². The van der Waals surface area contributed by atoms with Crippen LogP contribution in [-0.2, 0) is 6.54 Å². The molecule has 2 aromatic rings. The summed E-state index contributed by atoms with van der Waals surface area (Å²) in [5.74, 6) is 0.626. The summed E-state index contributed by atoms with van der Waals surface area (Å²) in [5.41, 5.74) is 2.51. The zero-order valence-electron chi connectivity index (χ0n) is 10.4. The molecule has 0 radical (unpaired) electrons. The molecule has 18 heavy (non-hydrogen) atoms. The Kier molecular flexibility index (Phi) is 3.62. The maximum atomic E-state index is 12.1. The van der Waals surface area contributed by atoms with Gasteiger partial charge in [-0.1, -0.05) is 11.6 Å². The van der Waals surface area contributed by atoms with E-state index >= 15 is 0 Å². The Balaban J connectivity index is 2.10. The first-order valence-corrected chi connectivity index (χ1v) is 5.75. The largest absolute Gasteiger partial charge is 0.387 e. The number of aryl methyl sites for hydroxylation is 1. The molecule has 0 aliphatic carbocycles. The van der Waals surface area contributed by atoms with E-state index in [0.29, 0.717) is 12.1 Å². The minimum Gasteiger partial charge on any atom is -0.387 e. The van der Waals surface area contributed by atoms with E-state index in [1.165, 1.54) is 0 Å². The summed E-state index contributed by atoms with van der Waals surface area (Å²) in [6.45, 7) is 2.35. The SMILES string of the molecule is CNc1ccc(C)cc1C(=O)NCc1ncc[nH]1. The van der Waals surface area contributed by atoms with Crippen molar-refractivity contribution in [2.24, 2.45) is 0 Å². The number of hydrogen-bond acceptors (Lipinski definition) is 3. The lowest BCUT2D eigenvalue weighted by Gasteiger charge is -2.10. The van der Waals surface area contributed by atoms with Gasteiger partial charge in [0.25, 0.3) is 5.91 Å². The molecular formula is C13H16N4O. The molecule has 0 aliphatic heterocycles. The second-order valence-electron chi connectivity index (χ2n) is 4.02. The van der Waals surface area contributed by atoms with Crippen LogP contribution in [0.1, 0.15) is 21.7 Å². The first kappa shape index (κ1) is 12.2. The molecule has 1 amide bonds. The van der Waals surface area contributed by atoms with Crippen molar-refractivity contribution in [2.75, 3.05) is 12.4 Å². The molecule has 5 nitrogen and oxygen atoms in total. The van der Waals surface area contributed by atoms with Gasteiger partial charge in [0.1, 0.15) is 5.82 Å². The minimum absolute atomic E-state index is 0.112. The number of rotatable bonds is 4. The summed E-state index contributed by atoms with van der Waals surface area (Å²) in [7, 11) is 1.80. The summed E-state index contributed by atoms with van der Waals surface area (Å²) in [5, 5.41) is 5.84. The van der Waals surface area contributed by atoms with Gasteiger partial charge < -0.3 is 15.6 Å². The molecule has 1 heterocycles. The molecule has 94 valence electrons. The van der Waals surface area contributed by atoms with Gasteiger partial charge in [0.05, 0.1) is 12.1 Å². The number of aromatic nitrogens is 2. The van der Waals surface area contributed by atoms with E-state index in [9.17, 15) is 4.79 Å². The number of hydrogen-bond donors (Lipinski definition) is 3. The van der Waals surface area contributed by atoms with Crippen molar-refractivity contribution in [3.05, 3.63) is 47.5 Å². The van der Waals surface area contributed by atoms with Crippen molar-refractivity contribution in [3.63, 3.8) is 0 Å². The molecule has 1 aromatic heterocycles. The van der Waals surface area contributed by atoms with Gasteiger partial charge in [-0.3, -0.25) is 4.79 Å². The Labute approximate surface area is 106 Å². The number of carbonyl (C=O) groups excluding carboxylic acids is 1. The summed E-state index contributed by atoms with van der Waals surface area (Å²) in [6, 6.07) is 5.73. The average molecular weight is 244 g/mol. The van der Waals surface area contributed by atoms with Gasteiger partial charge in [-0.05, 0) is 19.1 Å². The monoisotopic (exact) mass is 244 g/mol. The van der Waals surface area contributed by atoms with Crippen LogP contribution in [0.3, 0.4) is 0 Å². The van der Waals surface area contributed by atoms with Crippen molar-refractivity contribution in [3.8, 4) is 0 Å². The number of aromatic amines is 1.